The van der Waals surface area contributed by atoms with Crippen LogP contribution in [0, 0.1) is 0 Å². The van der Waals surface area contributed by atoms with E-state index in [4.69, 9.17) is 4.74 Å². The number of hydrogen-bond acceptors (Lipinski definition) is 4. The van der Waals surface area contributed by atoms with Gasteiger partial charge < -0.3 is 9.64 Å². The summed E-state index contributed by atoms with van der Waals surface area (Å²) in [4.78, 5) is 14.4. The van der Waals surface area contributed by atoms with Crippen LogP contribution in [0.4, 0.5) is 10.6 Å². The van der Waals surface area contributed by atoms with Crippen molar-refractivity contribution in [3.63, 3.8) is 0 Å². The van der Waals surface area contributed by atoms with Gasteiger partial charge in [-0.1, -0.05) is 17.3 Å². The summed E-state index contributed by atoms with van der Waals surface area (Å²) >= 11 is 0. The summed E-state index contributed by atoms with van der Waals surface area (Å²) in [6.45, 7) is 3.42. The molecule has 3 rings (SSSR count). The smallest absolute Gasteiger partial charge is 0.323 e. The Labute approximate surface area is 135 Å². The Bertz CT molecular complexity index is 685. The number of urea groups is 1. The van der Waals surface area contributed by atoms with Gasteiger partial charge in [0.15, 0.2) is 5.82 Å². The number of ether oxygens (including phenoxy) is 1. The molecule has 0 bridgehead atoms. The second-order valence-electron chi connectivity index (χ2n) is 5.52. The van der Waals surface area contributed by atoms with E-state index < -0.39 is 0 Å². The zero-order valence-electron chi connectivity index (χ0n) is 13.4. The molecule has 1 aliphatic heterocycles. The van der Waals surface area contributed by atoms with Gasteiger partial charge in [-0.25, -0.2) is 4.79 Å². The molecule has 1 aliphatic rings. The number of aryl methyl sites for hydroxylation is 1. The molecule has 0 aliphatic carbocycles. The van der Waals surface area contributed by atoms with Crippen molar-refractivity contribution in [3.05, 3.63) is 36.0 Å². The highest BCUT2D eigenvalue weighted by Gasteiger charge is 2.30. The fraction of sp³-hybridized carbons (Fsp3) is 0.438. The van der Waals surface area contributed by atoms with Crippen molar-refractivity contribution in [2.75, 3.05) is 19.0 Å². The minimum atomic E-state index is -0.140. The van der Waals surface area contributed by atoms with Gasteiger partial charge in [-0.2, -0.15) is 0 Å². The van der Waals surface area contributed by atoms with E-state index >= 15 is 0 Å². The lowest BCUT2D eigenvalue weighted by Gasteiger charge is -2.25. The van der Waals surface area contributed by atoms with Crippen LogP contribution in [-0.4, -0.2) is 39.6 Å². The minimum Gasteiger partial charge on any atom is -0.497 e. The molecule has 0 radical (unpaired) electrons. The Kier molecular flexibility index (Phi) is 4.45. The summed E-state index contributed by atoms with van der Waals surface area (Å²) in [6, 6.07) is 7.81. The van der Waals surface area contributed by atoms with Crippen molar-refractivity contribution in [2.24, 2.45) is 0 Å². The maximum absolute atomic E-state index is 12.6. The minimum absolute atomic E-state index is 0.0614. The molecule has 0 spiro atoms. The standard InChI is InChI=1S/C16H21N5O2/c1-3-20-11-15(18-19-20)17-16(22)21-9-5-8-14(21)12-6-4-7-13(10-12)23-2/h4,6-7,10-11,14H,3,5,8-9H2,1-2H3,(H,17,22). The van der Waals surface area contributed by atoms with Gasteiger partial charge in [0.1, 0.15) is 5.75 Å². The van der Waals surface area contributed by atoms with Gasteiger partial charge in [0.05, 0.1) is 19.3 Å². The first-order chi connectivity index (χ1) is 11.2. The Balaban J connectivity index is 1.73. The SMILES string of the molecule is CCn1cc(NC(=O)N2CCCC2c2cccc(OC)c2)nn1. The number of anilines is 1. The maximum Gasteiger partial charge on any atom is 0.323 e. The third kappa shape index (κ3) is 3.28. The van der Waals surface area contributed by atoms with E-state index in [0.717, 1.165) is 37.2 Å². The van der Waals surface area contributed by atoms with E-state index in [1.807, 2.05) is 36.1 Å². The zero-order valence-corrected chi connectivity index (χ0v) is 13.4. The molecule has 7 nitrogen and oxygen atoms in total. The highest BCUT2D eigenvalue weighted by molar-refractivity contribution is 5.88. The Morgan fingerprint density at radius 2 is 2.35 bits per heavy atom. The predicted molar refractivity (Wildman–Crippen MR) is 86.4 cm³/mol. The summed E-state index contributed by atoms with van der Waals surface area (Å²) in [6.07, 6.45) is 3.66. The van der Waals surface area contributed by atoms with Crippen LogP contribution in [0.5, 0.6) is 5.75 Å². The number of carbonyl (C=O) groups excluding carboxylic acids is 1. The Morgan fingerprint density at radius 1 is 1.48 bits per heavy atom. The molecule has 1 saturated heterocycles. The van der Waals surface area contributed by atoms with Crippen molar-refractivity contribution >= 4 is 11.8 Å². The lowest BCUT2D eigenvalue weighted by molar-refractivity contribution is 0.207. The quantitative estimate of drug-likeness (QED) is 0.941. The molecule has 2 aromatic rings. The van der Waals surface area contributed by atoms with Gasteiger partial charge >= 0.3 is 6.03 Å². The second-order valence-corrected chi connectivity index (χ2v) is 5.52. The van der Waals surface area contributed by atoms with E-state index in [1.54, 1.807) is 18.0 Å². The number of hydrogen-bond donors (Lipinski definition) is 1. The average Bonchev–Trinajstić information content (AvgIpc) is 3.23. The number of aromatic nitrogens is 3. The van der Waals surface area contributed by atoms with Crippen molar-refractivity contribution in [1.82, 2.24) is 19.9 Å². The van der Waals surface area contributed by atoms with Crippen LogP contribution in [0.15, 0.2) is 30.5 Å². The van der Waals surface area contributed by atoms with E-state index in [1.165, 1.54) is 0 Å². The van der Waals surface area contributed by atoms with Gasteiger partial charge in [0.25, 0.3) is 0 Å². The molecule has 2 amide bonds. The van der Waals surface area contributed by atoms with Gasteiger partial charge in [0.2, 0.25) is 0 Å². The average molecular weight is 315 g/mol. The molecule has 2 heterocycles. The van der Waals surface area contributed by atoms with Crippen LogP contribution in [0.25, 0.3) is 0 Å². The van der Waals surface area contributed by atoms with Crippen molar-refractivity contribution < 1.29 is 9.53 Å². The number of carbonyl (C=O) groups is 1. The Morgan fingerprint density at radius 3 is 3.09 bits per heavy atom. The summed E-state index contributed by atoms with van der Waals surface area (Å²) in [5.74, 6) is 1.29. The van der Waals surface area contributed by atoms with Gasteiger partial charge in [-0.3, -0.25) is 10.00 Å². The summed E-state index contributed by atoms with van der Waals surface area (Å²) in [5, 5.41) is 10.7. The van der Waals surface area contributed by atoms with Crippen molar-refractivity contribution in [3.8, 4) is 5.75 Å². The maximum atomic E-state index is 12.6. The van der Waals surface area contributed by atoms with E-state index in [9.17, 15) is 4.79 Å². The molecular formula is C16H21N5O2. The topological polar surface area (TPSA) is 72.3 Å². The van der Waals surface area contributed by atoms with Crippen molar-refractivity contribution in [2.45, 2.75) is 32.4 Å². The number of methoxy groups -OCH3 is 1. The predicted octanol–water partition coefficient (Wildman–Crippen LogP) is 2.68. The number of benzene rings is 1. The van der Waals surface area contributed by atoms with Crippen molar-refractivity contribution in [1.29, 1.82) is 0 Å². The first-order valence-electron chi connectivity index (χ1n) is 7.83. The molecule has 122 valence electrons. The summed E-state index contributed by atoms with van der Waals surface area (Å²) in [5.41, 5.74) is 1.09. The Hall–Kier alpha value is -2.57. The number of amides is 2. The summed E-state index contributed by atoms with van der Waals surface area (Å²) < 4.78 is 6.96. The largest absolute Gasteiger partial charge is 0.497 e. The second kappa shape index (κ2) is 6.68. The molecule has 0 saturated carbocycles. The summed E-state index contributed by atoms with van der Waals surface area (Å²) in [7, 11) is 1.65. The third-order valence-electron chi connectivity index (χ3n) is 4.09. The van der Waals surface area contributed by atoms with Crippen LogP contribution in [-0.2, 0) is 6.54 Å². The van der Waals surface area contributed by atoms with Gasteiger partial charge in [0, 0.05) is 13.1 Å². The highest BCUT2D eigenvalue weighted by atomic mass is 16.5. The number of nitrogens with zero attached hydrogens (tertiary/aromatic N) is 4. The van der Waals surface area contributed by atoms with E-state index in [-0.39, 0.29) is 12.1 Å². The molecule has 7 heteroatoms. The molecule has 1 N–H and O–H groups in total. The molecular weight excluding hydrogens is 294 g/mol. The molecule has 1 fully saturated rings. The normalized spacial score (nSPS) is 17.3. The lowest BCUT2D eigenvalue weighted by Crippen LogP contribution is -2.34. The fourth-order valence-electron chi connectivity index (χ4n) is 2.90. The number of rotatable bonds is 4. The van der Waals surface area contributed by atoms with Gasteiger partial charge in [-0.15, -0.1) is 5.10 Å². The third-order valence-corrected chi connectivity index (χ3v) is 4.09. The molecule has 23 heavy (non-hydrogen) atoms. The van der Waals surface area contributed by atoms with Crippen LogP contribution < -0.4 is 10.1 Å². The number of likely N-dealkylation sites (tertiary alicyclic amines) is 1. The van der Waals surface area contributed by atoms with Crippen LogP contribution in [0.2, 0.25) is 0 Å². The molecule has 1 atom stereocenters. The van der Waals surface area contributed by atoms with E-state index in [2.05, 4.69) is 15.6 Å². The monoisotopic (exact) mass is 315 g/mol. The zero-order chi connectivity index (χ0) is 16.2. The van der Waals surface area contributed by atoms with Crippen LogP contribution in [0.3, 0.4) is 0 Å². The molecule has 1 aromatic heterocycles. The molecule has 1 aromatic carbocycles. The lowest BCUT2D eigenvalue weighted by atomic mass is 10.0. The molecule has 1 unspecified atom stereocenters. The van der Waals surface area contributed by atoms with Crippen LogP contribution in [0.1, 0.15) is 31.4 Å². The first kappa shape index (κ1) is 15.3. The van der Waals surface area contributed by atoms with Crippen LogP contribution >= 0.6 is 0 Å². The van der Waals surface area contributed by atoms with E-state index in [0.29, 0.717) is 5.82 Å². The highest BCUT2D eigenvalue weighted by Crippen LogP contribution is 2.33. The van der Waals surface area contributed by atoms with Gasteiger partial charge in [-0.05, 0) is 37.5 Å². The fourth-order valence-corrected chi connectivity index (χ4v) is 2.90. The first-order valence-corrected chi connectivity index (χ1v) is 7.83. The number of nitrogens with one attached hydrogen (secondary N) is 1.